The van der Waals surface area contributed by atoms with E-state index >= 15 is 0 Å². The smallest absolute Gasteiger partial charge is 0.466 e. The summed E-state index contributed by atoms with van der Waals surface area (Å²) in [6.45, 7) is 4.08. The van der Waals surface area contributed by atoms with Gasteiger partial charge in [-0.2, -0.15) is 5.10 Å². The maximum atomic E-state index is 8.88. The molecule has 0 bridgehead atoms. The van der Waals surface area contributed by atoms with Crippen molar-refractivity contribution < 1.29 is 24.0 Å². The number of piperazine rings is 1. The molecule has 0 aromatic heterocycles. The summed E-state index contributed by atoms with van der Waals surface area (Å²) in [6.07, 6.45) is 1.87. The summed E-state index contributed by atoms with van der Waals surface area (Å²) >= 11 is 3.46. The van der Waals surface area contributed by atoms with Crippen molar-refractivity contribution in [2.24, 2.45) is 5.10 Å². The second-order valence-electron chi connectivity index (χ2n) is 4.90. The molecule has 8 nitrogen and oxygen atoms in total. The van der Waals surface area contributed by atoms with E-state index in [-0.39, 0.29) is 0 Å². The van der Waals surface area contributed by atoms with E-state index in [1.165, 1.54) is 0 Å². The van der Waals surface area contributed by atoms with E-state index in [2.05, 4.69) is 38.0 Å². The number of ether oxygens (including phenoxy) is 1. The minimum atomic E-state index is -4.64. The Morgan fingerprint density at radius 1 is 1.26 bits per heavy atom. The number of rotatable bonds is 3. The SMILES string of the molecule is COc1ccc(Br)cc1C=NN1CCN(C)CC1.O=P(O)(O)O. The van der Waals surface area contributed by atoms with Crippen LogP contribution in [-0.4, -0.2) is 71.1 Å². The summed E-state index contributed by atoms with van der Waals surface area (Å²) in [5.41, 5.74) is 0.991. The van der Waals surface area contributed by atoms with Crippen molar-refractivity contribution in [2.45, 2.75) is 0 Å². The molecule has 23 heavy (non-hydrogen) atoms. The number of hydrazone groups is 1. The molecule has 1 aliphatic rings. The molecule has 0 unspecified atom stereocenters. The molecule has 3 N–H and O–H groups in total. The monoisotopic (exact) mass is 409 g/mol. The summed E-state index contributed by atoms with van der Waals surface area (Å²) < 4.78 is 15.2. The fourth-order valence-electron chi connectivity index (χ4n) is 1.86. The van der Waals surface area contributed by atoms with E-state index in [1.807, 2.05) is 24.4 Å². The third kappa shape index (κ3) is 9.04. The van der Waals surface area contributed by atoms with Crippen LogP contribution in [0.25, 0.3) is 0 Å². The number of likely N-dealkylation sites (N-methyl/N-ethyl adjacent to an activating group) is 1. The van der Waals surface area contributed by atoms with Crippen molar-refractivity contribution in [1.82, 2.24) is 9.91 Å². The Bertz CT molecular complexity index is 564. The van der Waals surface area contributed by atoms with Gasteiger partial charge in [0.05, 0.1) is 13.3 Å². The Morgan fingerprint density at radius 2 is 1.83 bits per heavy atom. The van der Waals surface area contributed by atoms with Gasteiger partial charge in [-0.25, -0.2) is 4.57 Å². The third-order valence-corrected chi connectivity index (χ3v) is 3.52. The van der Waals surface area contributed by atoms with Gasteiger partial charge in [0.1, 0.15) is 5.75 Å². The van der Waals surface area contributed by atoms with Crippen LogP contribution in [0.1, 0.15) is 5.56 Å². The average Bonchev–Trinajstić information content (AvgIpc) is 2.45. The molecule has 10 heteroatoms. The van der Waals surface area contributed by atoms with Crippen molar-refractivity contribution in [2.75, 3.05) is 40.3 Å². The molecule has 0 radical (unpaired) electrons. The van der Waals surface area contributed by atoms with Crippen molar-refractivity contribution in [3.05, 3.63) is 28.2 Å². The van der Waals surface area contributed by atoms with Gasteiger partial charge in [0.25, 0.3) is 0 Å². The van der Waals surface area contributed by atoms with E-state index in [9.17, 15) is 0 Å². The van der Waals surface area contributed by atoms with E-state index in [0.29, 0.717) is 0 Å². The van der Waals surface area contributed by atoms with Gasteiger partial charge in [0.2, 0.25) is 0 Å². The zero-order chi connectivity index (χ0) is 17.5. The molecule has 1 aliphatic heterocycles. The van der Waals surface area contributed by atoms with Crippen LogP contribution in [0, 0.1) is 0 Å². The molecule has 1 aromatic rings. The van der Waals surface area contributed by atoms with Gasteiger partial charge >= 0.3 is 7.82 Å². The zero-order valence-corrected chi connectivity index (χ0v) is 15.4. The van der Waals surface area contributed by atoms with Crippen LogP contribution in [-0.2, 0) is 4.57 Å². The topological polar surface area (TPSA) is 106 Å². The van der Waals surface area contributed by atoms with Crippen molar-refractivity contribution in [3.63, 3.8) is 0 Å². The van der Waals surface area contributed by atoms with Gasteiger partial charge in [-0.05, 0) is 25.2 Å². The normalized spacial score (nSPS) is 16.2. The summed E-state index contributed by atoms with van der Waals surface area (Å²) in [4.78, 5) is 23.9. The Morgan fingerprint density at radius 3 is 2.35 bits per heavy atom. The molecular formula is C13H21BrN3O5P. The quantitative estimate of drug-likeness (QED) is 0.507. The van der Waals surface area contributed by atoms with E-state index < -0.39 is 7.82 Å². The second-order valence-corrected chi connectivity index (χ2v) is 6.84. The molecule has 0 saturated carbocycles. The fourth-order valence-corrected chi connectivity index (χ4v) is 2.24. The Hall–Kier alpha value is -0.960. The number of hydrogen-bond acceptors (Lipinski definition) is 5. The predicted molar refractivity (Wildman–Crippen MR) is 91.6 cm³/mol. The van der Waals surface area contributed by atoms with Crippen LogP contribution in [0.5, 0.6) is 5.75 Å². The Kier molecular flexibility index (Phi) is 8.18. The largest absolute Gasteiger partial charge is 0.496 e. The predicted octanol–water partition coefficient (Wildman–Crippen LogP) is 1.11. The molecule has 130 valence electrons. The highest BCUT2D eigenvalue weighted by atomic mass is 79.9. The second kappa shape index (κ2) is 9.36. The van der Waals surface area contributed by atoms with Gasteiger partial charge in [-0.15, -0.1) is 0 Å². The number of hydrogen-bond donors (Lipinski definition) is 3. The molecule has 0 spiro atoms. The minimum absolute atomic E-state index is 0.844. The number of methoxy groups -OCH3 is 1. The van der Waals surface area contributed by atoms with Crippen molar-refractivity contribution in [1.29, 1.82) is 0 Å². The maximum Gasteiger partial charge on any atom is 0.466 e. The van der Waals surface area contributed by atoms with Gasteiger partial charge in [0.15, 0.2) is 0 Å². The highest BCUT2D eigenvalue weighted by Gasteiger charge is 2.11. The minimum Gasteiger partial charge on any atom is -0.496 e. The lowest BCUT2D eigenvalue weighted by Crippen LogP contribution is -2.41. The zero-order valence-electron chi connectivity index (χ0n) is 13.0. The van der Waals surface area contributed by atoms with Crippen LogP contribution in [0.3, 0.4) is 0 Å². The average molecular weight is 410 g/mol. The molecule has 1 heterocycles. The first-order chi connectivity index (χ1) is 10.7. The van der Waals surface area contributed by atoms with Crippen LogP contribution in [0.15, 0.2) is 27.8 Å². The summed E-state index contributed by atoms with van der Waals surface area (Å²) in [5, 5.41) is 6.62. The number of phosphoric acid groups is 1. The summed E-state index contributed by atoms with van der Waals surface area (Å²) in [7, 11) is -0.825. The molecule has 0 atom stereocenters. The number of benzene rings is 1. The van der Waals surface area contributed by atoms with Crippen LogP contribution in [0.2, 0.25) is 0 Å². The lowest BCUT2D eigenvalue weighted by Gasteiger charge is -2.30. The first-order valence-corrected chi connectivity index (χ1v) is 9.14. The van der Waals surface area contributed by atoms with E-state index in [1.54, 1.807) is 7.11 Å². The lowest BCUT2D eigenvalue weighted by molar-refractivity contribution is 0.159. The van der Waals surface area contributed by atoms with Gasteiger partial charge in [-0.1, -0.05) is 15.9 Å². The summed E-state index contributed by atoms with van der Waals surface area (Å²) in [6, 6.07) is 5.92. The molecule has 0 amide bonds. The highest BCUT2D eigenvalue weighted by molar-refractivity contribution is 9.10. The standard InChI is InChI=1S/C13H18BrN3O.H3O4P/c1-16-5-7-17(8-6-16)15-10-11-9-12(14)3-4-13(11)18-2;1-5(2,3)4/h3-4,9-10H,5-8H2,1-2H3;(H3,1,2,3,4). The number of halogens is 1. The Balaban J connectivity index is 0.000000463. The fraction of sp³-hybridized carbons (Fsp3) is 0.462. The molecule has 0 aliphatic carbocycles. The highest BCUT2D eigenvalue weighted by Crippen LogP contribution is 2.25. The first-order valence-electron chi connectivity index (χ1n) is 6.78. The van der Waals surface area contributed by atoms with Crippen LogP contribution >= 0.6 is 23.8 Å². The van der Waals surface area contributed by atoms with E-state index in [0.717, 1.165) is 42.0 Å². The molecule has 2 rings (SSSR count). The molecule has 1 saturated heterocycles. The molecule has 1 aromatic carbocycles. The van der Waals surface area contributed by atoms with Gasteiger partial charge < -0.3 is 24.3 Å². The molecular weight excluding hydrogens is 389 g/mol. The van der Waals surface area contributed by atoms with Crippen LogP contribution < -0.4 is 4.74 Å². The first kappa shape index (κ1) is 20.1. The lowest BCUT2D eigenvalue weighted by atomic mass is 10.2. The van der Waals surface area contributed by atoms with Crippen molar-refractivity contribution >= 4 is 30.0 Å². The maximum absolute atomic E-state index is 8.88. The molecule has 1 fully saturated rings. The summed E-state index contributed by atoms with van der Waals surface area (Å²) in [5.74, 6) is 0.844. The van der Waals surface area contributed by atoms with Gasteiger partial charge in [0, 0.05) is 36.2 Å². The van der Waals surface area contributed by atoms with Crippen LogP contribution in [0.4, 0.5) is 0 Å². The third-order valence-electron chi connectivity index (χ3n) is 3.03. The van der Waals surface area contributed by atoms with Gasteiger partial charge in [-0.3, -0.25) is 5.01 Å². The van der Waals surface area contributed by atoms with E-state index in [4.69, 9.17) is 24.0 Å². The van der Waals surface area contributed by atoms with Crippen molar-refractivity contribution in [3.8, 4) is 5.75 Å². The Labute approximate surface area is 143 Å². The number of nitrogens with zero attached hydrogens (tertiary/aromatic N) is 3.